The molecular formula is C13H19NO. The molecule has 2 unspecified atom stereocenters. The highest BCUT2D eigenvalue weighted by Crippen LogP contribution is 2.27. The number of nitrogens with one attached hydrogen (secondary N) is 1. The molecule has 1 heterocycles. The summed E-state index contributed by atoms with van der Waals surface area (Å²) in [7, 11) is 1.81. The van der Waals surface area contributed by atoms with Crippen molar-refractivity contribution in [1.82, 2.24) is 5.32 Å². The normalized spacial score (nSPS) is 26.5. The molecule has 1 aliphatic heterocycles. The average Bonchev–Trinajstić information content (AvgIpc) is 2.30. The Kier molecular flexibility index (Phi) is 3.39. The summed E-state index contributed by atoms with van der Waals surface area (Å²) >= 11 is 0. The molecule has 15 heavy (non-hydrogen) atoms. The molecule has 2 nitrogen and oxygen atoms in total. The van der Waals surface area contributed by atoms with Gasteiger partial charge in [-0.25, -0.2) is 0 Å². The molecule has 0 amide bonds. The molecule has 0 saturated carbocycles. The van der Waals surface area contributed by atoms with Gasteiger partial charge >= 0.3 is 0 Å². The van der Waals surface area contributed by atoms with Gasteiger partial charge in [0, 0.05) is 7.11 Å². The predicted molar refractivity (Wildman–Crippen MR) is 62.0 cm³/mol. The standard InChI is InChI=1S/C13H19NO/c1-10-6-3-4-7-11(10)13-12(15-2)8-5-9-14-13/h3-4,6-7,12-14H,5,8-9H2,1-2H3. The maximum Gasteiger partial charge on any atom is 0.0766 e. The lowest BCUT2D eigenvalue weighted by molar-refractivity contribution is 0.0450. The second-order valence-electron chi connectivity index (χ2n) is 4.20. The van der Waals surface area contributed by atoms with Crippen LogP contribution in [-0.2, 0) is 4.74 Å². The van der Waals surface area contributed by atoms with Gasteiger partial charge in [-0.1, -0.05) is 24.3 Å². The first-order chi connectivity index (χ1) is 7.33. The summed E-state index contributed by atoms with van der Waals surface area (Å²) in [5, 5.41) is 3.55. The number of hydrogen-bond donors (Lipinski definition) is 1. The van der Waals surface area contributed by atoms with E-state index in [1.54, 1.807) is 0 Å². The van der Waals surface area contributed by atoms with E-state index in [1.807, 2.05) is 7.11 Å². The molecule has 0 aliphatic carbocycles. The summed E-state index contributed by atoms with van der Waals surface area (Å²) in [5.74, 6) is 0. The van der Waals surface area contributed by atoms with Gasteiger partial charge in [0.1, 0.15) is 0 Å². The van der Waals surface area contributed by atoms with E-state index in [1.165, 1.54) is 17.5 Å². The molecule has 82 valence electrons. The first-order valence-corrected chi connectivity index (χ1v) is 5.64. The van der Waals surface area contributed by atoms with Crippen LogP contribution >= 0.6 is 0 Å². The second kappa shape index (κ2) is 4.77. The summed E-state index contributed by atoms with van der Waals surface area (Å²) < 4.78 is 5.55. The topological polar surface area (TPSA) is 21.3 Å². The average molecular weight is 205 g/mol. The quantitative estimate of drug-likeness (QED) is 0.800. The second-order valence-corrected chi connectivity index (χ2v) is 4.20. The van der Waals surface area contributed by atoms with Gasteiger partial charge in [0.05, 0.1) is 12.1 Å². The molecule has 1 aliphatic rings. The molecular weight excluding hydrogens is 186 g/mol. The maximum atomic E-state index is 5.55. The maximum absolute atomic E-state index is 5.55. The lowest BCUT2D eigenvalue weighted by atomic mass is 9.92. The number of hydrogen-bond acceptors (Lipinski definition) is 2. The molecule has 0 bridgehead atoms. The van der Waals surface area contributed by atoms with Crippen LogP contribution in [0.2, 0.25) is 0 Å². The van der Waals surface area contributed by atoms with Gasteiger partial charge in [-0.05, 0) is 37.4 Å². The minimum absolute atomic E-state index is 0.319. The Morgan fingerprint density at radius 3 is 2.87 bits per heavy atom. The van der Waals surface area contributed by atoms with Crippen molar-refractivity contribution in [1.29, 1.82) is 0 Å². The van der Waals surface area contributed by atoms with Crippen molar-refractivity contribution in [3.63, 3.8) is 0 Å². The van der Waals surface area contributed by atoms with Gasteiger partial charge < -0.3 is 10.1 Å². The monoisotopic (exact) mass is 205 g/mol. The third kappa shape index (κ3) is 2.21. The Labute approximate surface area is 91.6 Å². The van der Waals surface area contributed by atoms with Crippen molar-refractivity contribution in [2.24, 2.45) is 0 Å². The van der Waals surface area contributed by atoms with Gasteiger partial charge in [0.2, 0.25) is 0 Å². The highest BCUT2D eigenvalue weighted by Gasteiger charge is 2.26. The SMILES string of the molecule is COC1CCCNC1c1ccccc1C. The van der Waals surface area contributed by atoms with Crippen molar-refractivity contribution < 1.29 is 4.74 Å². The zero-order valence-electron chi connectivity index (χ0n) is 9.49. The fourth-order valence-electron chi connectivity index (χ4n) is 2.36. The van der Waals surface area contributed by atoms with E-state index < -0.39 is 0 Å². The predicted octanol–water partition coefficient (Wildman–Crippen LogP) is 2.43. The molecule has 2 atom stereocenters. The van der Waals surface area contributed by atoms with Crippen molar-refractivity contribution >= 4 is 0 Å². The minimum Gasteiger partial charge on any atom is -0.379 e. The van der Waals surface area contributed by atoms with E-state index in [0.29, 0.717) is 12.1 Å². The van der Waals surface area contributed by atoms with E-state index in [0.717, 1.165) is 13.0 Å². The zero-order chi connectivity index (χ0) is 10.7. The number of rotatable bonds is 2. The number of ether oxygens (including phenoxy) is 1. The third-order valence-corrected chi connectivity index (χ3v) is 3.23. The van der Waals surface area contributed by atoms with Crippen LogP contribution in [0.1, 0.15) is 30.0 Å². The van der Waals surface area contributed by atoms with Crippen LogP contribution in [0.5, 0.6) is 0 Å². The molecule has 1 N–H and O–H groups in total. The molecule has 1 saturated heterocycles. The van der Waals surface area contributed by atoms with Crippen LogP contribution in [-0.4, -0.2) is 19.8 Å². The van der Waals surface area contributed by atoms with Crippen molar-refractivity contribution in [3.05, 3.63) is 35.4 Å². The zero-order valence-corrected chi connectivity index (χ0v) is 9.49. The molecule has 0 aromatic heterocycles. The number of aryl methyl sites for hydroxylation is 1. The first kappa shape index (κ1) is 10.7. The first-order valence-electron chi connectivity index (χ1n) is 5.64. The van der Waals surface area contributed by atoms with Gasteiger partial charge in [-0.2, -0.15) is 0 Å². The molecule has 1 aromatic carbocycles. The van der Waals surface area contributed by atoms with Gasteiger partial charge in [0.15, 0.2) is 0 Å². The van der Waals surface area contributed by atoms with E-state index in [4.69, 9.17) is 4.74 Å². The van der Waals surface area contributed by atoms with Gasteiger partial charge in [-0.3, -0.25) is 0 Å². The lowest BCUT2D eigenvalue weighted by Gasteiger charge is -2.32. The Morgan fingerprint density at radius 2 is 2.13 bits per heavy atom. The summed E-state index contributed by atoms with van der Waals surface area (Å²) in [4.78, 5) is 0. The van der Waals surface area contributed by atoms with Crippen molar-refractivity contribution in [2.75, 3.05) is 13.7 Å². The lowest BCUT2D eigenvalue weighted by Crippen LogP contribution is -2.39. The molecule has 0 spiro atoms. The Morgan fingerprint density at radius 1 is 1.33 bits per heavy atom. The van der Waals surface area contributed by atoms with E-state index >= 15 is 0 Å². The van der Waals surface area contributed by atoms with Crippen LogP contribution < -0.4 is 5.32 Å². The van der Waals surface area contributed by atoms with Gasteiger partial charge in [0.25, 0.3) is 0 Å². The fraction of sp³-hybridized carbons (Fsp3) is 0.538. The van der Waals surface area contributed by atoms with Gasteiger partial charge in [-0.15, -0.1) is 0 Å². The Hall–Kier alpha value is -0.860. The number of methoxy groups -OCH3 is 1. The highest BCUT2D eigenvalue weighted by molar-refractivity contribution is 5.29. The van der Waals surface area contributed by atoms with Crippen LogP contribution in [0, 0.1) is 6.92 Å². The van der Waals surface area contributed by atoms with Crippen LogP contribution in [0.3, 0.4) is 0 Å². The third-order valence-electron chi connectivity index (χ3n) is 3.23. The smallest absolute Gasteiger partial charge is 0.0766 e. The minimum atomic E-state index is 0.319. The van der Waals surface area contributed by atoms with E-state index in [-0.39, 0.29) is 0 Å². The molecule has 1 fully saturated rings. The molecule has 2 rings (SSSR count). The van der Waals surface area contributed by atoms with Crippen LogP contribution in [0.4, 0.5) is 0 Å². The Balaban J connectivity index is 2.24. The summed E-state index contributed by atoms with van der Waals surface area (Å²) in [6.45, 7) is 3.26. The molecule has 1 aromatic rings. The summed E-state index contributed by atoms with van der Waals surface area (Å²) in [5.41, 5.74) is 2.73. The highest BCUT2D eigenvalue weighted by atomic mass is 16.5. The number of benzene rings is 1. The molecule has 0 radical (unpaired) electrons. The summed E-state index contributed by atoms with van der Waals surface area (Å²) in [6, 6.07) is 8.92. The Bertz CT molecular complexity index is 324. The van der Waals surface area contributed by atoms with E-state index in [9.17, 15) is 0 Å². The van der Waals surface area contributed by atoms with E-state index in [2.05, 4.69) is 36.5 Å². The van der Waals surface area contributed by atoms with Crippen molar-refractivity contribution in [3.8, 4) is 0 Å². The van der Waals surface area contributed by atoms with Crippen LogP contribution in [0.15, 0.2) is 24.3 Å². The largest absolute Gasteiger partial charge is 0.379 e. The van der Waals surface area contributed by atoms with Crippen LogP contribution in [0.25, 0.3) is 0 Å². The molecule has 2 heteroatoms. The summed E-state index contributed by atoms with van der Waals surface area (Å²) in [6.07, 6.45) is 2.68. The number of piperidine rings is 1. The van der Waals surface area contributed by atoms with Crippen molar-refractivity contribution in [2.45, 2.75) is 31.9 Å². The fourth-order valence-corrected chi connectivity index (χ4v) is 2.36.